The van der Waals surface area contributed by atoms with Gasteiger partial charge in [-0.2, -0.15) is 0 Å². The lowest BCUT2D eigenvalue weighted by molar-refractivity contribution is 0.0948. The predicted molar refractivity (Wildman–Crippen MR) is 107 cm³/mol. The number of aryl methyl sites for hydroxylation is 1. The summed E-state index contributed by atoms with van der Waals surface area (Å²) in [6.45, 7) is 2.12. The summed E-state index contributed by atoms with van der Waals surface area (Å²) in [6.07, 6.45) is 0. The van der Waals surface area contributed by atoms with Crippen LogP contribution in [0.1, 0.15) is 32.2 Å². The van der Waals surface area contributed by atoms with Gasteiger partial charge < -0.3 is 19.8 Å². The Labute approximate surface area is 167 Å². The lowest BCUT2D eigenvalue weighted by Gasteiger charge is -2.09. The highest BCUT2D eigenvalue weighted by atomic mass is 35.5. The van der Waals surface area contributed by atoms with Crippen molar-refractivity contribution < 1.29 is 18.7 Å². The lowest BCUT2D eigenvalue weighted by atomic mass is 10.1. The minimum absolute atomic E-state index is 0.113. The number of methoxy groups -OCH3 is 1. The van der Waals surface area contributed by atoms with Crippen molar-refractivity contribution in [2.75, 3.05) is 12.4 Å². The van der Waals surface area contributed by atoms with Crippen LogP contribution in [0.3, 0.4) is 0 Å². The van der Waals surface area contributed by atoms with E-state index in [1.807, 2.05) is 19.1 Å². The Morgan fingerprint density at radius 1 is 1.04 bits per heavy atom. The second-order valence-electron chi connectivity index (χ2n) is 6.11. The molecule has 0 saturated heterocycles. The second-order valence-corrected chi connectivity index (χ2v) is 6.55. The average molecular weight is 399 g/mol. The van der Waals surface area contributed by atoms with Gasteiger partial charge in [0.25, 0.3) is 11.8 Å². The van der Waals surface area contributed by atoms with E-state index in [0.717, 1.165) is 5.56 Å². The molecule has 1 heterocycles. The maximum atomic E-state index is 12.4. The number of rotatable bonds is 6. The largest absolute Gasteiger partial charge is 0.495 e. The number of amides is 2. The van der Waals surface area contributed by atoms with Crippen LogP contribution in [0.5, 0.6) is 5.75 Å². The molecule has 0 fully saturated rings. The van der Waals surface area contributed by atoms with E-state index < -0.39 is 5.91 Å². The third-order valence-electron chi connectivity index (χ3n) is 4.03. The fourth-order valence-corrected chi connectivity index (χ4v) is 2.70. The lowest BCUT2D eigenvalue weighted by Crippen LogP contribution is -2.22. The number of benzene rings is 2. The van der Waals surface area contributed by atoms with Gasteiger partial charge in [0.1, 0.15) is 11.5 Å². The van der Waals surface area contributed by atoms with E-state index in [9.17, 15) is 9.59 Å². The summed E-state index contributed by atoms with van der Waals surface area (Å²) < 4.78 is 10.7. The molecular weight excluding hydrogens is 380 g/mol. The van der Waals surface area contributed by atoms with Gasteiger partial charge in [-0.25, -0.2) is 0 Å². The molecule has 6 nitrogen and oxygen atoms in total. The smallest absolute Gasteiger partial charge is 0.291 e. The van der Waals surface area contributed by atoms with Crippen LogP contribution in [0, 0.1) is 6.92 Å². The zero-order valence-electron chi connectivity index (χ0n) is 15.4. The zero-order chi connectivity index (χ0) is 20.1. The standard InChI is InChI=1S/C21H19ClN2O4/c1-13-3-5-14(6-4-13)20(25)23-12-16-8-10-19(28-16)21(26)24-17-11-15(22)7-9-18(17)27-2/h3-11H,12H2,1-2H3,(H,23,25)(H,24,26). The summed E-state index contributed by atoms with van der Waals surface area (Å²) >= 11 is 5.97. The second kappa shape index (κ2) is 8.63. The van der Waals surface area contributed by atoms with Crippen LogP contribution in [0.2, 0.25) is 5.02 Å². The first kappa shape index (κ1) is 19.5. The Kier molecular flexibility index (Phi) is 6.01. The molecule has 0 saturated carbocycles. The summed E-state index contributed by atoms with van der Waals surface area (Å²) in [5.74, 6) is 0.392. The highest BCUT2D eigenvalue weighted by molar-refractivity contribution is 6.31. The van der Waals surface area contributed by atoms with Gasteiger partial charge in [-0.1, -0.05) is 29.3 Å². The van der Waals surface area contributed by atoms with Crippen molar-refractivity contribution in [1.29, 1.82) is 0 Å². The summed E-state index contributed by atoms with van der Waals surface area (Å²) in [7, 11) is 1.50. The number of anilines is 1. The van der Waals surface area contributed by atoms with Gasteiger partial charge >= 0.3 is 0 Å². The maximum Gasteiger partial charge on any atom is 0.291 e. The highest BCUT2D eigenvalue weighted by Crippen LogP contribution is 2.28. The molecule has 0 aliphatic rings. The molecule has 7 heteroatoms. The highest BCUT2D eigenvalue weighted by Gasteiger charge is 2.15. The van der Waals surface area contributed by atoms with Crippen molar-refractivity contribution in [3.8, 4) is 5.75 Å². The molecule has 1 aromatic heterocycles. The molecular formula is C21H19ClN2O4. The molecule has 3 rings (SSSR count). The van der Waals surface area contributed by atoms with Crippen LogP contribution in [-0.2, 0) is 6.54 Å². The van der Waals surface area contributed by atoms with E-state index in [0.29, 0.717) is 27.8 Å². The Morgan fingerprint density at radius 3 is 2.50 bits per heavy atom. The van der Waals surface area contributed by atoms with Gasteiger partial charge in [0.15, 0.2) is 5.76 Å². The van der Waals surface area contributed by atoms with Gasteiger partial charge in [-0.15, -0.1) is 0 Å². The van der Waals surface area contributed by atoms with Crippen molar-refractivity contribution >= 4 is 29.1 Å². The van der Waals surface area contributed by atoms with Crippen LogP contribution in [0.15, 0.2) is 59.0 Å². The fourth-order valence-electron chi connectivity index (χ4n) is 2.53. The molecule has 2 aromatic carbocycles. The van der Waals surface area contributed by atoms with Crippen LogP contribution >= 0.6 is 11.6 Å². The molecule has 0 radical (unpaired) electrons. The minimum atomic E-state index is -0.448. The number of carbonyl (C=O) groups excluding carboxylic acids is 2. The van der Waals surface area contributed by atoms with Crippen molar-refractivity contribution in [2.24, 2.45) is 0 Å². The van der Waals surface area contributed by atoms with E-state index in [1.165, 1.54) is 7.11 Å². The molecule has 28 heavy (non-hydrogen) atoms. The van der Waals surface area contributed by atoms with E-state index in [2.05, 4.69) is 10.6 Å². The normalized spacial score (nSPS) is 10.4. The SMILES string of the molecule is COc1ccc(Cl)cc1NC(=O)c1ccc(CNC(=O)c2ccc(C)cc2)o1. The van der Waals surface area contributed by atoms with Crippen LogP contribution < -0.4 is 15.4 Å². The molecule has 0 unspecified atom stereocenters. The summed E-state index contributed by atoms with van der Waals surface area (Å²) in [4.78, 5) is 24.6. The molecule has 144 valence electrons. The molecule has 0 spiro atoms. The Hall–Kier alpha value is -3.25. The predicted octanol–water partition coefficient (Wildman–Crippen LogP) is 4.43. The van der Waals surface area contributed by atoms with Crippen LogP contribution in [-0.4, -0.2) is 18.9 Å². The monoisotopic (exact) mass is 398 g/mol. The average Bonchev–Trinajstić information content (AvgIpc) is 3.16. The molecule has 0 aliphatic heterocycles. The molecule has 2 amide bonds. The van der Waals surface area contributed by atoms with Gasteiger partial charge in [0.2, 0.25) is 0 Å². The fraction of sp³-hybridized carbons (Fsp3) is 0.143. The molecule has 2 N–H and O–H groups in total. The first-order chi connectivity index (χ1) is 13.5. The van der Waals surface area contributed by atoms with E-state index in [-0.39, 0.29) is 18.2 Å². The number of hydrogen-bond acceptors (Lipinski definition) is 4. The number of furan rings is 1. The topological polar surface area (TPSA) is 80.6 Å². The maximum absolute atomic E-state index is 12.4. The van der Waals surface area contributed by atoms with Crippen molar-refractivity contribution in [1.82, 2.24) is 5.32 Å². The number of ether oxygens (including phenoxy) is 1. The van der Waals surface area contributed by atoms with Gasteiger partial charge in [-0.3, -0.25) is 9.59 Å². The molecule has 0 atom stereocenters. The van der Waals surface area contributed by atoms with Crippen LogP contribution in [0.25, 0.3) is 0 Å². The Morgan fingerprint density at radius 2 is 1.79 bits per heavy atom. The van der Waals surface area contributed by atoms with Crippen molar-refractivity contribution in [3.63, 3.8) is 0 Å². The third-order valence-corrected chi connectivity index (χ3v) is 4.27. The Bertz CT molecular complexity index is 996. The van der Waals surface area contributed by atoms with Gasteiger partial charge in [0, 0.05) is 10.6 Å². The number of hydrogen-bond donors (Lipinski definition) is 2. The van der Waals surface area contributed by atoms with Gasteiger partial charge in [0.05, 0.1) is 19.3 Å². The molecule has 0 bridgehead atoms. The summed E-state index contributed by atoms with van der Waals surface area (Å²) in [5.41, 5.74) is 2.07. The first-order valence-corrected chi connectivity index (χ1v) is 8.92. The number of nitrogens with one attached hydrogen (secondary N) is 2. The van der Waals surface area contributed by atoms with Crippen LogP contribution in [0.4, 0.5) is 5.69 Å². The van der Waals surface area contributed by atoms with E-state index in [1.54, 1.807) is 42.5 Å². The third kappa shape index (κ3) is 4.72. The Balaban J connectivity index is 1.62. The summed E-state index contributed by atoms with van der Waals surface area (Å²) in [6, 6.07) is 15.3. The zero-order valence-corrected chi connectivity index (χ0v) is 16.2. The number of carbonyl (C=O) groups is 2. The van der Waals surface area contributed by atoms with Crippen molar-refractivity contribution in [2.45, 2.75) is 13.5 Å². The minimum Gasteiger partial charge on any atom is -0.495 e. The van der Waals surface area contributed by atoms with E-state index >= 15 is 0 Å². The van der Waals surface area contributed by atoms with Crippen molar-refractivity contribution in [3.05, 3.63) is 82.3 Å². The molecule has 3 aromatic rings. The first-order valence-electron chi connectivity index (χ1n) is 8.55. The quantitative estimate of drug-likeness (QED) is 0.643. The molecule has 0 aliphatic carbocycles. The van der Waals surface area contributed by atoms with Gasteiger partial charge in [-0.05, 0) is 49.4 Å². The summed E-state index contributed by atoms with van der Waals surface area (Å²) in [5, 5.41) is 5.93. The number of halogens is 1. The van der Waals surface area contributed by atoms with E-state index in [4.69, 9.17) is 20.8 Å².